The third-order valence-corrected chi connectivity index (χ3v) is 16.0. The monoisotopic (exact) mass is 1030 g/mol. The van der Waals surface area contributed by atoms with E-state index in [4.69, 9.17) is 0 Å². The van der Waals surface area contributed by atoms with Gasteiger partial charge in [-0.3, -0.25) is 33.8 Å². The van der Waals surface area contributed by atoms with Gasteiger partial charge in [-0.05, 0) is 73.2 Å². The zero-order valence-corrected chi connectivity index (χ0v) is 45.1. The summed E-state index contributed by atoms with van der Waals surface area (Å²) in [6, 6.07) is 17.5. The topological polar surface area (TPSA) is 198 Å². The first-order valence-electron chi connectivity index (χ1n) is 27.2. The number of aryl methyl sites for hydroxylation is 1. The van der Waals surface area contributed by atoms with Crippen LogP contribution in [0.1, 0.15) is 150 Å². The van der Waals surface area contributed by atoms with E-state index in [-0.39, 0.29) is 55.2 Å². The largest absolute Gasteiger partial charge is 0.392 e. The number of carbonyl (C=O) groups is 5. The third kappa shape index (κ3) is 16.9. The summed E-state index contributed by atoms with van der Waals surface area (Å²) in [6.07, 6.45) is 11.1. The number of aliphatic hydroxyl groups excluding tert-OH is 2. The first-order valence-corrected chi connectivity index (χ1v) is 28.1. The van der Waals surface area contributed by atoms with E-state index in [0.717, 1.165) is 112 Å². The molecule has 0 radical (unpaired) electrons. The summed E-state index contributed by atoms with van der Waals surface area (Å²) < 4.78 is 0. The fourth-order valence-electron chi connectivity index (χ4n) is 10.6. The summed E-state index contributed by atoms with van der Waals surface area (Å²) in [4.78, 5) is 86.5. The molecule has 5 heterocycles. The van der Waals surface area contributed by atoms with Crippen molar-refractivity contribution < 1.29 is 34.2 Å². The van der Waals surface area contributed by atoms with E-state index in [1.165, 1.54) is 22.4 Å². The average Bonchev–Trinajstić information content (AvgIpc) is 3.99. The molecule has 4 N–H and O–H groups in total. The predicted molar refractivity (Wildman–Crippen MR) is 289 cm³/mol. The van der Waals surface area contributed by atoms with Crippen LogP contribution in [0.15, 0.2) is 66.4 Å². The van der Waals surface area contributed by atoms with Gasteiger partial charge in [0.15, 0.2) is 5.78 Å². The lowest BCUT2D eigenvalue weighted by molar-refractivity contribution is -0.146. The fourth-order valence-corrected chi connectivity index (χ4v) is 11.4. The van der Waals surface area contributed by atoms with Crippen molar-refractivity contribution in [2.24, 2.45) is 11.3 Å². The summed E-state index contributed by atoms with van der Waals surface area (Å²) in [5, 5.41) is 27.7. The molecule has 400 valence electrons. The van der Waals surface area contributed by atoms with Crippen LogP contribution < -0.4 is 10.6 Å². The Balaban J connectivity index is 0.693. The Kier molecular flexibility index (Phi) is 21.0. The number of likely N-dealkylation sites (tertiary alicyclic amines) is 2. The normalized spacial score (nSPS) is 18.1. The molecule has 15 nitrogen and oxygen atoms in total. The van der Waals surface area contributed by atoms with Gasteiger partial charge in [0, 0.05) is 96.3 Å². The molecule has 0 unspecified atom stereocenters. The van der Waals surface area contributed by atoms with Crippen LogP contribution in [0.25, 0.3) is 10.4 Å². The predicted octanol–water partition coefficient (Wildman–Crippen LogP) is 8.15. The van der Waals surface area contributed by atoms with Crippen LogP contribution in [0.4, 0.5) is 5.82 Å². The van der Waals surface area contributed by atoms with E-state index in [9.17, 15) is 34.2 Å². The van der Waals surface area contributed by atoms with Crippen LogP contribution in [0.2, 0.25) is 0 Å². The highest BCUT2D eigenvalue weighted by atomic mass is 32.1. The van der Waals surface area contributed by atoms with Crippen molar-refractivity contribution in [2.45, 2.75) is 168 Å². The third-order valence-electron chi connectivity index (χ3n) is 15.1. The van der Waals surface area contributed by atoms with Crippen LogP contribution in [0.5, 0.6) is 0 Å². The van der Waals surface area contributed by atoms with Crippen molar-refractivity contribution in [1.82, 2.24) is 35.0 Å². The zero-order chi connectivity index (χ0) is 52.6. The van der Waals surface area contributed by atoms with Crippen molar-refractivity contribution in [2.75, 3.05) is 44.6 Å². The highest BCUT2D eigenvalue weighted by Gasteiger charge is 2.44. The van der Waals surface area contributed by atoms with Crippen LogP contribution in [-0.2, 0) is 38.7 Å². The lowest BCUT2D eigenvalue weighted by Gasteiger charge is -2.39. The van der Waals surface area contributed by atoms with E-state index < -0.39 is 29.6 Å². The second-order valence-corrected chi connectivity index (χ2v) is 23.0. The number of carbonyl (C=O) groups excluding carboxylic acids is 5. The molecule has 0 spiro atoms. The molecule has 2 saturated heterocycles. The molecule has 4 aromatic rings. The van der Waals surface area contributed by atoms with Gasteiger partial charge >= 0.3 is 0 Å². The Bertz CT molecular complexity index is 2490. The van der Waals surface area contributed by atoms with E-state index in [2.05, 4.69) is 59.7 Å². The van der Waals surface area contributed by atoms with Gasteiger partial charge in [0.1, 0.15) is 35.4 Å². The van der Waals surface area contributed by atoms with Crippen LogP contribution in [0.3, 0.4) is 0 Å². The average molecular weight is 1030 g/mol. The summed E-state index contributed by atoms with van der Waals surface area (Å²) in [5.41, 5.74) is 7.32. The summed E-state index contributed by atoms with van der Waals surface area (Å²) in [6.45, 7) is 13.0. The van der Waals surface area contributed by atoms with Gasteiger partial charge < -0.3 is 25.7 Å². The smallest absolute Gasteiger partial charge is 0.243 e. The number of aliphatic hydroxyl groups is 2. The molecule has 0 aliphatic carbocycles. The SMILES string of the molecule is Cc1ncsc1-c1ccc(CNC(=O)[C@@H]2C[C@@H](O)CN2C(=O)[C@@H](CC(=O)CCCCCCCCCC(=O)CCCN2CC(Nc3cc(C(=O)CC[C@H](O)CN4CCc5ccccc5C4)ncn3)C2)C(C)(C)C)cc1. The molecule has 2 amide bonds. The van der Waals surface area contributed by atoms with Gasteiger partial charge in [0.2, 0.25) is 11.8 Å². The number of unbranched alkanes of at least 4 members (excludes halogenated alkanes) is 6. The molecule has 3 aliphatic rings. The Hall–Kier alpha value is -5.26. The number of nitrogens with zero attached hydrogens (tertiary/aromatic N) is 6. The quantitative estimate of drug-likeness (QED) is 0.0301. The van der Waals surface area contributed by atoms with E-state index >= 15 is 0 Å². The minimum atomic E-state index is -0.809. The maximum atomic E-state index is 14.1. The number of aromatic nitrogens is 3. The van der Waals surface area contributed by atoms with Crippen LogP contribution in [0, 0.1) is 18.3 Å². The lowest BCUT2D eigenvalue weighted by atomic mass is 9.76. The number of rotatable bonds is 29. The van der Waals surface area contributed by atoms with E-state index in [1.807, 2.05) is 57.5 Å². The van der Waals surface area contributed by atoms with Gasteiger partial charge in [-0.2, -0.15) is 0 Å². The van der Waals surface area contributed by atoms with Crippen molar-refractivity contribution in [3.05, 3.63) is 94.5 Å². The number of hydrogen-bond acceptors (Lipinski definition) is 14. The van der Waals surface area contributed by atoms with Crippen LogP contribution >= 0.6 is 11.3 Å². The van der Waals surface area contributed by atoms with E-state index in [1.54, 1.807) is 17.4 Å². The van der Waals surface area contributed by atoms with Gasteiger partial charge in [-0.15, -0.1) is 11.3 Å². The molecule has 16 heteroatoms. The first-order chi connectivity index (χ1) is 35.6. The summed E-state index contributed by atoms with van der Waals surface area (Å²) >= 11 is 1.59. The second kappa shape index (κ2) is 27.5. The maximum absolute atomic E-state index is 14.1. The Morgan fingerprint density at radius 1 is 0.811 bits per heavy atom. The highest BCUT2D eigenvalue weighted by molar-refractivity contribution is 7.13. The molecular formula is C58H80N8O7S. The van der Waals surface area contributed by atoms with Crippen molar-refractivity contribution in [1.29, 1.82) is 0 Å². The number of benzene rings is 2. The van der Waals surface area contributed by atoms with E-state index in [0.29, 0.717) is 56.1 Å². The highest BCUT2D eigenvalue weighted by Crippen LogP contribution is 2.34. The number of thiazole rings is 1. The van der Waals surface area contributed by atoms with Crippen molar-refractivity contribution in [3.63, 3.8) is 0 Å². The van der Waals surface area contributed by atoms with Gasteiger partial charge in [0.05, 0.1) is 34.3 Å². The fraction of sp³-hybridized carbons (Fsp3) is 0.586. The Labute approximate surface area is 442 Å². The van der Waals surface area contributed by atoms with Gasteiger partial charge in [-0.1, -0.05) is 101 Å². The maximum Gasteiger partial charge on any atom is 0.243 e. The molecule has 7 rings (SSSR count). The number of hydrogen-bond donors (Lipinski definition) is 4. The molecule has 2 aromatic carbocycles. The molecule has 74 heavy (non-hydrogen) atoms. The number of β-amino-alcohol motifs (C(OH)–C–C–N with tert-alkyl or cyclic N) is 2. The summed E-state index contributed by atoms with van der Waals surface area (Å²) in [5.74, 6) is -0.286. The van der Waals surface area contributed by atoms with Gasteiger partial charge in [0.25, 0.3) is 0 Å². The molecule has 2 aromatic heterocycles. The second-order valence-electron chi connectivity index (χ2n) is 22.1. The Morgan fingerprint density at radius 3 is 2.20 bits per heavy atom. The molecule has 0 saturated carbocycles. The minimum absolute atomic E-state index is 0.0468. The molecule has 3 aliphatic heterocycles. The Morgan fingerprint density at radius 2 is 1.50 bits per heavy atom. The molecular weight excluding hydrogens is 953 g/mol. The van der Waals surface area contributed by atoms with Crippen LogP contribution in [-0.4, -0.2) is 133 Å². The first kappa shape index (κ1) is 56.5. The molecule has 4 atom stereocenters. The lowest BCUT2D eigenvalue weighted by Crippen LogP contribution is -2.54. The summed E-state index contributed by atoms with van der Waals surface area (Å²) in [7, 11) is 0. The number of amides is 2. The molecule has 0 bridgehead atoms. The molecule has 2 fully saturated rings. The standard InChI is InChI=1S/C58H80N8O7S/c1-40-55(74-39-62-40)43-22-20-41(21-23-43)32-59-56(72)52-30-49(70)37-66(52)57(73)50(58(2,3)4)29-47(68)18-11-9-7-5-6-8-10-17-46(67)19-14-27-64-34-45(35-64)63-54-31-51(60-38-61-54)53(71)25-24-48(69)36-65-28-26-42-15-12-13-16-44(42)33-65/h12-13,15-16,20-23,31,38-39,45,48-50,52,69-70H,5-11,14,17-19,24-30,32-37H2,1-4H3,(H,59,72)(H,60,61,63)/t48-,49+,50+,52-/m0/s1. The number of nitrogens with one attached hydrogen (secondary N) is 2. The van der Waals surface area contributed by atoms with Gasteiger partial charge in [-0.25, -0.2) is 15.0 Å². The minimum Gasteiger partial charge on any atom is -0.392 e. The number of anilines is 1. The van der Waals surface area contributed by atoms with Crippen molar-refractivity contribution in [3.8, 4) is 10.4 Å². The number of ketones is 3. The zero-order valence-electron chi connectivity index (χ0n) is 44.2. The van der Waals surface area contributed by atoms with Crippen molar-refractivity contribution >= 4 is 46.3 Å². The number of fused-ring (bicyclic) bond motifs is 1. The number of Topliss-reactive ketones (excluding diaryl/α,β-unsaturated/α-hetero) is 3.